The highest BCUT2D eigenvalue weighted by molar-refractivity contribution is 5.01. The van der Waals surface area contributed by atoms with E-state index < -0.39 is 18.4 Å². The predicted octanol–water partition coefficient (Wildman–Crippen LogP) is -0.874. The Kier molecular flexibility index (Phi) is 2.64. The standard InChI is InChI=1S/C9H14N2O4/c1-5-3-11(10-9(5)14)8-2-6(13)7(4-12)15-8/h3,6-8,12-13H,2,4H2,1H3,(H,10,14)/t6?,7-,8-/m1/s1. The highest BCUT2D eigenvalue weighted by atomic mass is 16.5. The van der Waals surface area contributed by atoms with Crippen molar-refractivity contribution >= 4 is 0 Å². The minimum absolute atomic E-state index is 0.166. The van der Waals surface area contributed by atoms with Crippen LogP contribution in [0.4, 0.5) is 0 Å². The van der Waals surface area contributed by atoms with Gasteiger partial charge in [0, 0.05) is 18.2 Å². The molecule has 0 saturated carbocycles. The van der Waals surface area contributed by atoms with Crippen LogP contribution in [0, 0.1) is 6.92 Å². The third kappa shape index (κ3) is 1.83. The Morgan fingerprint density at radius 1 is 1.73 bits per heavy atom. The van der Waals surface area contributed by atoms with E-state index >= 15 is 0 Å². The fourth-order valence-corrected chi connectivity index (χ4v) is 1.71. The van der Waals surface area contributed by atoms with Crippen molar-refractivity contribution in [3.63, 3.8) is 0 Å². The molecule has 0 spiro atoms. The molecule has 6 nitrogen and oxygen atoms in total. The molecule has 1 saturated heterocycles. The van der Waals surface area contributed by atoms with E-state index in [0.29, 0.717) is 12.0 Å². The molecule has 15 heavy (non-hydrogen) atoms. The molecule has 3 N–H and O–H groups in total. The summed E-state index contributed by atoms with van der Waals surface area (Å²) in [5, 5.41) is 21.0. The van der Waals surface area contributed by atoms with Crippen LogP contribution in [-0.2, 0) is 4.74 Å². The zero-order valence-corrected chi connectivity index (χ0v) is 8.38. The van der Waals surface area contributed by atoms with E-state index in [1.807, 2.05) is 0 Å². The predicted molar refractivity (Wildman–Crippen MR) is 51.4 cm³/mol. The molecular formula is C9H14N2O4. The van der Waals surface area contributed by atoms with E-state index in [9.17, 15) is 9.90 Å². The molecule has 1 aliphatic rings. The van der Waals surface area contributed by atoms with Crippen LogP contribution in [0.3, 0.4) is 0 Å². The maximum Gasteiger partial charge on any atom is 0.267 e. The first-order chi connectivity index (χ1) is 7.11. The average molecular weight is 214 g/mol. The highest BCUT2D eigenvalue weighted by Gasteiger charge is 2.34. The van der Waals surface area contributed by atoms with Gasteiger partial charge in [-0.05, 0) is 6.92 Å². The molecule has 0 bridgehead atoms. The van der Waals surface area contributed by atoms with Gasteiger partial charge < -0.3 is 14.9 Å². The Balaban J connectivity index is 2.17. The summed E-state index contributed by atoms with van der Waals surface area (Å²) in [6.45, 7) is 1.48. The van der Waals surface area contributed by atoms with E-state index in [4.69, 9.17) is 9.84 Å². The molecule has 1 aromatic rings. The van der Waals surface area contributed by atoms with Crippen LogP contribution in [0.5, 0.6) is 0 Å². The minimum Gasteiger partial charge on any atom is -0.394 e. The molecule has 1 aliphatic heterocycles. The Bertz CT molecular complexity index is 397. The summed E-state index contributed by atoms with van der Waals surface area (Å²) in [6, 6.07) is 0. The number of hydrogen-bond donors (Lipinski definition) is 3. The quantitative estimate of drug-likeness (QED) is 0.597. The number of nitrogens with zero attached hydrogens (tertiary/aromatic N) is 1. The fourth-order valence-electron chi connectivity index (χ4n) is 1.71. The van der Waals surface area contributed by atoms with Crippen molar-refractivity contribution < 1.29 is 14.9 Å². The van der Waals surface area contributed by atoms with Crippen LogP contribution in [0.25, 0.3) is 0 Å². The third-order valence-corrected chi connectivity index (χ3v) is 2.62. The number of aliphatic hydroxyl groups is 2. The second-order valence-electron chi connectivity index (χ2n) is 3.78. The van der Waals surface area contributed by atoms with Crippen LogP contribution in [0.2, 0.25) is 0 Å². The fraction of sp³-hybridized carbons (Fsp3) is 0.667. The van der Waals surface area contributed by atoms with Gasteiger partial charge in [-0.15, -0.1) is 0 Å². The lowest BCUT2D eigenvalue weighted by atomic mass is 10.2. The van der Waals surface area contributed by atoms with Crippen molar-refractivity contribution in [2.45, 2.75) is 31.8 Å². The van der Waals surface area contributed by atoms with Crippen molar-refractivity contribution in [2.24, 2.45) is 0 Å². The van der Waals surface area contributed by atoms with E-state index in [1.54, 1.807) is 13.1 Å². The van der Waals surface area contributed by atoms with Crippen LogP contribution in [0.15, 0.2) is 11.0 Å². The average Bonchev–Trinajstić information content (AvgIpc) is 2.71. The van der Waals surface area contributed by atoms with E-state index in [0.717, 1.165) is 0 Å². The van der Waals surface area contributed by atoms with Gasteiger partial charge in [-0.3, -0.25) is 14.6 Å². The van der Waals surface area contributed by atoms with Crippen molar-refractivity contribution in [3.8, 4) is 0 Å². The van der Waals surface area contributed by atoms with Gasteiger partial charge in [0.1, 0.15) is 6.10 Å². The molecule has 6 heteroatoms. The second kappa shape index (κ2) is 3.80. The monoisotopic (exact) mass is 214 g/mol. The maximum atomic E-state index is 11.2. The number of aromatic nitrogens is 2. The number of rotatable bonds is 2. The van der Waals surface area contributed by atoms with Crippen LogP contribution >= 0.6 is 0 Å². The van der Waals surface area contributed by atoms with Gasteiger partial charge in [-0.2, -0.15) is 0 Å². The zero-order chi connectivity index (χ0) is 11.0. The molecule has 1 aromatic heterocycles. The van der Waals surface area contributed by atoms with Crippen LogP contribution in [0.1, 0.15) is 18.2 Å². The third-order valence-electron chi connectivity index (χ3n) is 2.62. The normalized spacial score (nSPS) is 31.0. The minimum atomic E-state index is -0.689. The number of H-pyrrole nitrogens is 1. The lowest BCUT2D eigenvalue weighted by Gasteiger charge is -2.12. The molecule has 3 atom stereocenters. The second-order valence-corrected chi connectivity index (χ2v) is 3.78. The van der Waals surface area contributed by atoms with Gasteiger partial charge in [-0.25, -0.2) is 0 Å². The Labute approximate surface area is 86.1 Å². The summed E-state index contributed by atoms with van der Waals surface area (Å²) < 4.78 is 6.89. The molecule has 1 unspecified atom stereocenters. The highest BCUT2D eigenvalue weighted by Crippen LogP contribution is 2.27. The summed E-state index contributed by atoms with van der Waals surface area (Å²) in [4.78, 5) is 11.2. The number of ether oxygens (including phenoxy) is 1. The molecule has 0 radical (unpaired) electrons. The Morgan fingerprint density at radius 2 is 2.47 bits per heavy atom. The van der Waals surface area contributed by atoms with Gasteiger partial charge in [0.15, 0.2) is 6.23 Å². The summed E-state index contributed by atoms with van der Waals surface area (Å²) in [5.41, 5.74) is 0.432. The molecule has 84 valence electrons. The van der Waals surface area contributed by atoms with Crippen molar-refractivity contribution in [1.29, 1.82) is 0 Å². The van der Waals surface area contributed by atoms with Gasteiger partial charge in [0.25, 0.3) is 5.56 Å². The topological polar surface area (TPSA) is 87.5 Å². The van der Waals surface area contributed by atoms with Crippen molar-refractivity contribution in [1.82, 2.24) is 9.78 Å². The van der Waals surface area contributed by atoms with Gasteiger partial charge >= 0.3 is 0 Å². The van der Waals surface area contributed by atoms with Crippen LogP contribution < -0.4 is 5.56 Å². The van der Waals surface area contributed by atoms with E-state index in [2.05, 4.69) is 5.10 Å². The lowest BCUT2D eigenvalue weighted by Crippen LogP contribution is -2.24. The summed E-state index contributed by atoms with van der Waals surface area (Å²) in [5.74, 6) is 0. The number of hydrogen-bond acceptors (Lipinski definition) is 4. The number of aromatic amines is 1. The first-order valence-electron chi connectivity index (χ1n) is 4.84. The van der Waals surface area contributed by atoms with Crippen molar-refractivity contribution in [2.75, 3.05) is 6.61 Å². The van der Waals surface area contributed by atoms with E-state index in [1.165, 1.54) is 4.68 Å². The zero-order valence-electron chi connectivity index (χ0n) is 8.38. The number of nitrogens with one attached hydrogen (secondary N) is 1. The van der Waals surface area contributed by atoms with Crippen molar-refractivity contribution in [3.05, 3.63) is 22.1 Å². The summed E-state index contributed by atoms with van der Waals surface area (Å²) >= 11 is 0. The maximum absolute atomic E-state index is 11.2. The number of aryl methyl sites for hydroxylation is 1. The lowest BCUT2D eigenvalue weighted by molar-refractivity contribution is -0.0485. The Hall–Kier alpha value is -1.11. The molecule has 2 rings (SSSR count). The van der Waals surface area contributed by atoms with Gasteiger partial charge in [-0.1, -0.05) is 0 Å². The van der Waals surface area contributed by atoms with Crippen LogP contribution in [-0.4, -0.2) is 38.8 Å². The molecule has 0 amide bonds. The summed E-state index contributed by atoms with van der Waals surface area (Å²) in [6.07, 6.45) is 0.348. The molecule has 0 aliphatic carbocycles. The molecule has 1 fully saturated rings. The smallest absolute Gasteiger partial charge is 0.267 e. The molecule has 0 aromatic carbocycles. The van der Waals surface area contributed by atoms with Gasteiger partial charge in [0.05, 0.1) is 12.7 Å². The molecule has 2 heterocycles. The first-order valence-corrected chi connectivity index (χ1v) is 4.84. The number of aliphatic hydroxyl groups excluding tert-OH is 2. The Morgan fingerprint density at radius 3 is 2.93 bits per heavy atom. The first kappa shape index (κ1) is 10.4. The van der Waals surface area contributed by atoms with Gasteiger partial charge in [0.2, 0.25) is 0 Å². The van der Waals surface area contributed by atoms with E-state index in [-0.39, 0.29) is 12.2 Å². The SMILES string of the molecule is Cc1cn([C@H]2CC(O)[C@@H](CO)O2)[nH]c1=O. The molecular weight excluding hydrogens is 200 g/mol. The summed E-state index contributed by atoms with van der Waals surface area (Å²) in [7, 11) is 0. The largest absolute Gasteiger partial charge is 0.394 e.